The smallest absolute Gasteiger partial charge is 0.254 e. The van der Waals surface area contributed by atoms with E-state index in [0.717, 1.165) is 25.2 Å². The maximum absolute atomic E-state index is 12.3. The van der Waals surface area contributed by atoms with Crippen LogP contribution in [0.15, 0.2) is 18.5 Å². The van der Waals surface area contributed by atoms with Gasteiger partial charge in [-0.25, -0.2) is 0 Å². The van der Waals surface area contributed by atoms with Crippen molar-refractivity contribution in [1.82, 2.24) is 10.3 Å². The number of pyridine rings is 1. The van der Waals surface area contributed by atoms with E-state index in [-0.39, 0.29) is 5.91 Å². The Balaban J connectivity index is 1.95. The van der Waals surface area contributed by atoms with Crippen LogP contribution in [-0.2, 0) is 0 Å². The predicted octanol–water partition coefficient (Wildman–Crippen LogP) is 3.21. The molecule has 2 rings (SSSR count). The van der Waals surface area contributed by atoms with E-state index in [9.17, 15) is 4.79 Å². The number of rotatable bonds is 8. The molecule has 1 fully saturated rings. The second kappa shape index (κ2) is 6.73. The summed E-state index contributed by atoms with van der Waals surface area (Å²) in [4.78, 5) is 16.4. The summed E-state index contributed by atoms with van der Waals surface area (Å²) in [5.74, 6) is -0.0147. The lowest BCUT2D eigenvalue weighted by atomic mass is 10.0. The van der Waals surface area contributed by atoms with Crippen LogP contribution in [0.4, 0.5) is 5.69 Å². The van der Waals surface area contributed by atoms with Crippen LogP contribution >= 0.6 is 0 Å². The van der Waals surface area contributed by atoms with E-state index in [1.165, 1.54) is 25.7 Å². The summed E-state index contributed by atoms with van der Waals surface area (Å²) >= 11 is 0. The molecule has 1 heterocycles. The van der Waals surface area contributed by atoms with Crippen LogP contribution in [0.1, 0.15) is 56.3 Å². The van der Waals surface area contributed by atoms with Crippen LogP contribution < -0.4 is 10.6 Å². The van der Waals surface area contributed by atoms with Crippen LogP contribution in [0.5, 0.6) is 0 Å². The highest BCUT2D eigenvalue weighted by atomic mass is 16.1. The normalized spacial score (nSPS) is 15.7. The molecule has 4 heteroatoms. The van der Waals surface area contributed by atoms with Gasteiger partial charge in [0.2, 0.25) is 0 Å². The molecule has 20 heavy (non-hydrogen) atoms. The number of carbonyl (C=O) groups is 1. The number of anilines is 1. The van der Waals surface area contributed by atoms with Crippen molar-refractivity contribution in [1.29, 1.82) is 0 Å². The minimum atomic E-state index is -0.0147. The first kappa shape index (κ1) is 14.8. The summed E-state index contributed by atoms with van der Waals surface area (Å²) < 4.78 is 0. The lowest BCUT2D eigenvalue weighted by Gasteiger charge is -2.16. The SMILES string of the molecule is CCCNc1ccncc1C(=O)NCC1(CCC)CC1. The second-order valence-corrected chi connectivity index (χ2v) is 5.78. The molecule has 0 atom stereocenters. The minimum absolute atomic E-state index is 0.0147. The van der Waals surface area contributed by atoms with Gasteiger partial charge in [-0.15, -0.1) is 0 Å². The molecule has 0 unspecified atom stereocenters. The minimum Gasteiger partial charge on any atom is -0.384 e. The van der Waals surface area contributed by atoms with Crippen LogP contribution in [-0.4, -0.2) is 24.0 Å². The van der Waals surface area contributed by atoms with Crippen molar-refractivity contribution in [3.8, 4) is 0 Å². The molecule has 110 valence electrons. The van der Waals surface area contributed by atoms with Crippen LogP contribution in [0.3, 0.4) is 0 Å². The van der Waals surface area contributed by atoms with Gasteiger partial charge >= 0.3 is 0 Å². The molecule has 1 aromatic rings. The second-order valence-electron chi connectivity index (χ2n) is 5.78. The third-order valence-corrected chi connectivity index (χ3v) is 3.99. The van der Waals surface area contributed by atoms with E-state index in [4.69, 9.17) is 0 Å². The van der Waals surface area contributed by atoms with E-state index < -0.39 is 0 Å². The molecular weight excluding hydrogens is 250 g/mol. The van der Waals surface area contributed by atoms with Crippen molar-refractivity contribution >= 4 is 11.6 Å². The molecule has 0 aromatic carbocycles. The Morgan fingerprint density at radius 2 is 2.15 bits per heavy atom. The van der Waals surface area contributed by atoms with Crippen molar-refractivity contribution in [2.24, 2.45) is 5.41 Å². The molecule has 1 aromatic heterocycles. The van der Waals surface area contributed by atoms with Crippen molar-refractivity contribution in [3.63, 3.8) is 0 Å². The molecule has 1 aliphatic rings. The highest BCUT2D eigenvalue weighted by Gasteiger charge is 2.41. The van der Waals surface area contributed by atoms with Crippen LogP contribution in [0, 0.1) is 5.41 Å². The molecule has 0 saturated heterocycles. The van der Waals surface area contributed by atoms with Gasteiger partial charge < -0.3 is 10.6 Å². The third kappa shape index (κ3) is 3.71. The van der Waals surface area contributed by atoms with Gasteiger partial charge in [0.05, 0.1) is 11.3 Å². The molecule has 0 bridgehead atoms. The van der Waals surface area contributed by atoms with Crippen molar-refractivity contribution in [2.45, 2.75) is 46.0 Å². The van der Waals surface area contributed by atoms with E-state index in [2.05, 4.69) is 29.5 Å². The Kier molecular flexibility index (Phi) is 4.99. The Morgan fingerprint density at radius 3 is 2.80 bits per heavy atom. The highest BCUT2D eigenvalue weighted by Crippen LogP contribution is 2.48. The monoisotopic (exact) mass is 275 g/mol. The molecular formula is C16H25N3O. The number of nitrogens with one attached hydrogen (secondary N) is 2. The fourth-order valence-corrected chi connectivity index (χ4v) is 2.57. The van der Waals surface area contributed by atoms with Crippen molar-refractivity contribution < 1.29 is 4.79 Å². The van der Waals surface area contributed by atoms with E-state index in [1.54, 1.807) is 12.4 Å². The average Bonchev–Trinajstić information content (AvgIpc) is 3.23. The first-order chi connectivity index (χ1) is 9.71. The van der Waals surface area contributed by atoms with Crippen molar-refractivity contribution in [3.05, 3.63) is 24.0 Å². The lowest BCUT2D eigenvalue weighted by molar-refractivity contribution is 0.0944. The van der Waals surface area contributed by atoms with Crippen molar-refractivity contribution in [2.75, 3.05) is 18.4 Å². The molecule has 4 nitrogen and oxygen atoms in total. The standard InChI is InChI=1S/C16H25N3O/c1-3-6-16(7-8-16)12-19-15(20)13-11-17-10-5-14(13)18-9-4-2/h5,10-11H,3-4,6-9,12H2,1-2H3,(H,17,18)(H,19,20). The number of aromatic nitrogens is 1. The fraction of sp³-hybridized carbons (Fsp3) is 0.625. The molecule has 1 aliphatic carbocycles. The third-order valence-electron chi connectivity index (χ3n) is 3.99. The number of amides is 1. The Morgan fingerprint density at radius 1 is 1.35 bits per heavy atom. The van der Waals surface area contributed by atoms with Crippen LogP contribution in [0.2, 0.25) is 0 Å². The Labute approximate surface area is 121 Å². The Hall–Kier alpha value is -1.58. The molecule has 1 saturated carbocycles. The van der Waals surface area contributed by atoms with E-state index >= 15 is 0 Å². The summed E-state index contributed by atoms with van der Waals surface area (Å²) in [5.41, 5.74) is 1.90. The van der Waals surface area contributed by atoms with Gasteiger partial charge in [-0.2, -0.15) is 0 Å². The van der Waals surface area contributed by atoms with Gasteiger partial charge in [-0.3, -0.25) is 9.78 Å². The fourth-order valence-electron chi connectivity index (χ4n) is 2.57. The van der Waals surface area contributed by atoms with Gasteiger partial charge in [-0.05, 0) is 37.2 Å². The zero-order valence-electron chi connectivity index (χ0n) is 12.5. The molecule has 0 radical (unpaired) electrons. The predicted molar refractivity (Wildman–Crippen MR) is 81.9 cm³/mol. The molecule has 1 amide bonds. The largest absolute Gasteiger partial charge is 0.384 e. The molecule has 0 spiro atoms. The zero-order valence-corrected chi connectivity index (χ0v) is 12.5. The first-order valence-corrected chi connectivity index (χ1v) is 7.67. The quantitative estimate of drug-likeness (QED) is 0.766. The lowest BCUT2D eigenvalue weighted by Crippen LogP contribution is -2.30. The molecule has 0 aliphatic heterocycles. The number of carbonyl (C=O) groups excluding carboxylic acids is 1. The van der Waals surface area contributed by atoms with E-state index in [0.29, 0.717) is 11.0 Å². The number of nitrogens with zero attached hydrogens (tertiary/aromatic N) is 1. The van der Waals surface area contributed by atoms with Gasteiger partial charge in [0, 0.05) is 25.5 Å². The van der Waals surface area contributed by atoms with E-state index in [1.807, 2.05) is 6.07 Å². The molecule has 2 N–H and O–H groups in total. The maximum Gasteiger partial charge on any atom is 0.254 e. The van der Waals surface area contributed by atoms with Crippen LogP contribution in [0.25, 0.3) is 0 Å². The summed E-state index contributed by atoms with van der Waals surface area (Å²) in [6.45, 7) is 5.97. The summed E-state index contributed by atoms with van der Waals surface area (Å²) in [5, 5.41) is 6.37. The topological polar surface area (TPSA) is 54.0 Å². The summed E-state index contributed by atoms with van der Waals surface area (Å²) in [7, 11) is 0. The summed E-state index contributed by atoms with van der Waals surface area (Å²) in [6.07, 6.45) is 9.28. The van der Waals surface area contributed by atoms with Gasteiger partial charge in [0.1, 0.15) is 0 Å². The first-order valence-electron chi connectivity index (χ1n) is 7.67. The van der Waals surface area contributed by atoms with Gasteiger partial charge in [0.15, 0.2) is 0 Å². The summed E-state index contributed by atoms with van der Waals surface area (Å²) in [6, 6.07) is 1.86. The number of hydrogen-bond donors (Lipinski definition) is 2. The zero-order chi connectivity index (χ0) is 14.4. The number of hydrogen-bond acceptors (Lipinski definition) is 3. The average molecular weight is 275 g/mol. The van der Waals surface area contributed by atoms with Gasteiger partial charge in [0.25, 0.3) is 5.91 Å². The Bertz CT molecular complexity index is 455. The maximum atomic E-state index is 12.3. The van der Waals surface area contributed by atoms with Gasteiger partial charge in [-0.1, -0.05) is 20.3 Å². The highest BCUT2D eigenvalue weighted by molar-refractivity contribution is 5.99.